The molecule has 7 nitrogen and oxygen atoms in total. The van der Waals surface area contributed by atoms with Crippen LogP contribution in [0.15, 0.2) is 5.16 Å². The molecule has 0 aromatic carbocycles. The Hall–Kier alpha value is -0.860. The lowest BCUT2D eigenvalue weighted by Crippen LogP contribution is -2.60. The zero-order chi connectivity index (χ0) is 14.0. The molecule has 1 rings (SSSR count). The number of nitrogens with two attached hydrogens (primary N) is 1. The molecule has 0 aliphatic heterocycles. The second-order valence-electron chi connectivity index (χ2n) is 5.14. The fraction of sp³-hybridized carbons (Fsp3) is 0.900. The maximum Gasteiger partial charge on any atom is 0.279 e. The molecular formula is C10H22N4O3S. The van der Waals surface area contributed by atoms with Gasteiger partial charge >= 0.3 is 0 Å². The molecule has 0 heterocycles. The highest BCUT2D eigenvalue weighted by atomic mass is 32.2. The summed E-state index contributed by atoms with van der Waals surface area (Å²) in [6.45, 7) is 2.11. The van der Waals surface area contributed by atoms with E-state index in [1.54, 1.807) is 0 Å². The third-order valence-electron chi connectivity index (χ3n) is 3.53. The Kier molecular flexibility index (Phi) is 4.57. The first kappa shape index (κ1) is 15.2. The SMILES string of the molecule is CC1CCC(NS(=O)(=O)N(C)C)(/C(N)=N/O)CC1. The second-order valence-corrected chi connectivity index (χ2v) is 7.02. The van der Waals surface area contributed by atoms with E-state index in [2.05, 4.69) is 16.8 Å². The molecule has 0 amide bonds. The average Bonchev–Trinajstić information content (AvgIpc) is 2.31. The second kappa shape index (κ2) is 5.41. The molecule has 0 aromatic heterocycles. The topological polar surface area (TPSA) is 108 Å². The predicted octanol–water partition coefficient (Wildman–Crippen LogP) is 0.0777. The molecule has 1 aliphatic rings. The highest BCUT2D eigenvalue weighted by Crippen LogP contribution is 2.32. The first-order valence-electron chi connectivity index (χ1n) is 5.93. The van der Waals surface area contributed by atoms with Crippen molar-refractivity contribution >= 4 is 16.0 Å². The zero-order valence-corrected chi connectivity index (χ0v) is 11.9. The molecule has 106 valence electrons. The van der Waals surface area contributed by atoms with Crippen molar-refractivity contribution < 1.29 is 13.6 Å². The quantitative estimate of drug-likeness (QED) is 0.293. The van der Waals surface area contributed by atoms with Crippen molar-refractivity contribution in [2.75, 3.05) is 14.1 Å². The van der Waals surface area contributed by atoms with E-state index in [0.717, 1.165) is 17.1 Å². The minimum Gasteiger partial charge on any atom is -0.409 e. The maximum atomic E-state index is 11.9. The van der Waals surface area contributed by atoms with Gasteiger partial charge in [0.2, 0.25) is 0 Å². The van der Waals surface area contributed by atoms with Gasteiger partial charge in [0.25, 0.3) is 10.2 Å². The lowest BCUT2D eigenvalue weighted by Gasteiger charge is -2.39. The van der Waals surface area contributed by atoms with Gasteiger partial charge in [0.15, 0.2) is 5.84 Å². The lowest BCUT2D eigenvalue weighted by atomic mass is 9.77. The molecule has 1 saturated carbocycles. The van der Waals surface area contributed by atoms with Crippen molar-refractivity contribution in [1.29, 1.82) is 0 Å². The first-order chi connectivity index (χ1) is 8.23. The summed E-state index contributed by atoms with van der Waals surface area (Å²) in [5.74, 6) is 0.452. The minimum absolute atomic E-state index is 0.0696. The van der Waals surface area contributed by atoms with Gasteiger partial charge in [-0.3, -0.25) is 0 Å². The van der Waals surface area contributed by atoms with Crippen molar-refractivity contribution in [1.82, 2.24) is 9.03 Å². The maximum absolute atomic E-state index is 11.9. The van der Waals surface area contributed by atoms with E-state index in [0.29, 0.717) is 18.8 Å². The van der Waals surface area contributed by atoms with Crippen molar-refractivity contribution in [2.45, 2.75) is 38.1 Å². The van der Waals surface area contributed by atoms with Crippen LogP contribution in [-0.2, 0) is 10.2 Å². The number of oxime groups is 1. The summed E-state index contributed by atoms with van der Waals surface area (Å²) in [5, 5.41) is 11.9. The third-order valence-corrected chi connectivity index (χ3v) is 5.14. The van der Waals surface area contributed by atoms with Crippen LogP contribution >= 0.6 is 0 Å². The third kappa shape index (κ3) is 3.12. The molecule has 0 aromatic rings. The van der Waals surface area contributed by atoms with Crippen molar-refractivity contribution in [3.63, 3.8) is 0 Å². The predicted molar refractivity (Wildman–Crippen MR) is 69.5 cm³/mol. The molecule has 0 spiro atoms. The zero-order valence-electron chi connectivity index (χ0n) is 11.0. The summed E-state index contributed by atoms with van der Waals surface area (Å²) in [5.41, 5.74) is 4.72. The van der Waals surface area contributed by atoms with E-state index in [4.69, 9.17) is 10.9 Å². The Morgan fingerprint density at radius 3 is 2.33 bits per heavy atom. The fourth-order valence-corrected chi connectivity index (χ4v) is 3.08. The smallest absolute Gasteiger partial charge is 0.279 e. The average molecular weight is 278 g/mol. The van der Waals surface area contributed by atoms with Gasteiger partial charge in [0.05, 0.1) is 5.54 Å². The van der Waals surface area contributed by atoms with Gasteiger partial charge in [0, 0.05) is 14.1 Å². The Morgan fingerprint density at radius 2 is 1.94 bits per heavy atom. The van der Waals surface area contributed by atoms with E-state index in [1.165, 1.54) is 14.1 Å². The molecule has 1 fully saturated rings. The summed E-state index contributed by atoms with van der Waals surface area (Å²) < 4.78 is 27.5. The molecule has 4 N–H and O–H groups in total. The standard InChI is InChI=1S/C10H22N4O3S/c1-8-4-6-10(7-5-8,9(11)12-15)13-18(16,17)14(2)3/h8,13,15H,4-7H2,1-3H3,(H2,11,12). The number of rotatable bonds is 4. The number of hydrogen-bond acceptors (Lipinski definition) is 4. The van der Waals surface area contributed by atoms with Crippen molar-refractivity contribution in [3.05, 3.63) is 0 Å². The molecule has 8 heteroatoms. The molecule has 0 atom stereocenters. The van der Waals surface area contributed by atoms with Crippen LogP contribution in [0.5, 0.6) is 0 Å². The van der Waals surface area contributed by atoms with Crippen LogP contribution in [0.1, 0.15) is 32.6 Å². The van der Waals surface area contributed by atoms with E-state index >= 15 is 0 Å². The summed E-state index contributed by atoms with van der Waals surface area (Å²) >= 11 is 0. The number of nitrogens with one attached hydrogen (secondary N) is 1. The van der Waals surface area contributed by atoms with Crippen molar-refractivity contribution in [3.8, 4) is 0 Å². The van der Waals surface area contributed by atoms with Gasteiger partial charge in [-0.1, -0.05) is 12.1 Å². The normalized spacial score (nSPS) is 30.7. The Labute approximate surface area is 108 Å². The van der Waals surface area contributed by atoms with Crippen LogP contribution in [-0.4, -0.2) is 43.4 Å². The Balaban J connectivity index is 3.01. The van der Waals surface area contributed by atoms with Crippen LogP contribution in [0.25, 0.3) is 0 Å². The van der Waals surface area contributed by atoms with Crippen molar-refractivity contribution in [2.24, 2.45) is 16.8 Å². The van der Waals surface area contributed by atoms with Gasteiger partial charge < -0.3 is 10.9 Å². The first-order valence-corrected chi connectivity index (χ1v) is 7.37. The number of nitrogens with zero attached hydrogens (tertiary/aromatic N) is 2. The summed E-state index contributed by atoms with van der Waals surface area (Å²) in [4.78, 5) is 0. The number of amidine groups is 1. The number of hydrogen-bond donors (Lipinski definition) is 3. The van der Waals surface area contributed by atoms with Crippen LogP contribution in [0.3, 0.4) is 0 Å². The summed E-state index contributed by atoms with van der Waals surface area (Å²) in [6.07, 6.45) is 2.76. The van der Waals surface area contributed by atoms with Crippen LogP contribution in [0.2, 0.25) is 0 Å². The monoisotopic (exact) mass is 278 g/mol. The molecular weight excluding hydrogens is 256 g/mol. The summed E-state index contributed by atoms with van der Waals surface area (Å²) in [6, 6.07) is 0. The Morgan fingerprint density at radius 1 is 1.44 bits per heavy atom. The molecule has 0 bridgehead atoms. The lowest BCUT2D eigenvalue weighted by molar-refractivity contribution is 0.264. The molecule has 0 unspecified atom stereocenters. The highest BCUT2D eigenvalue weighted by molar-refractivity contribution is 7.87. The van der Waals surface area contributed by atoms with Gasteiger partial charge in [0.1, 0.15) is 0 Å². The molecule has 0 radical (unpaired) electrons. The van der Waals surface area contributed by atoms with Gasteiger partial charge in [-0.15, -0.1) is 0 Å². The minimum atomic E-state index is -3.62. The molecule has 0 saturated heterocycles. The largest absolute Gasteiger partial charge is 0.409 e. The fourth-order valence-electron chi connectivity index (χ4n) is 2.10. The highest BCUT2D eigenvalue weighted by Gasteiger charge is 2.42. The van der Waals surface area contributed by atoms with Crippen LogP contribution in [0.4, 0.5) is 0 Å². The van der Waals surface area contributed by atoms with E-state index in [-0.39, 0.29) is 5.84 Å². The van der Waals surface area contributed by atoms with E-state index < -0.39 is 15.7 Å². The summed E-state index contributed by atoms with van der Waals surface area (Å²) in [7, 11) is -0.741. The van der Waals surface area contributed by atoms with Crippen LogP contribution in [0, 0.1) is 5.92 Å². The van der Waals surface area contributed by atoms with E-state index in [1.807, 2.05) is 0 Å². The van der Waals surface area contributed by atoms with Gasteiger partial charge in [-0.25, -0.2) is 0 Å². The molecule has 1 aliphatic carbocycles. The van der Waals surface area contributed by atoms with E-state index in [9.17, 15) is 8.42 Å². The van der Waals surface area contributed by atoms with Gasteiger partial charge in [-0.05, 0) is 31.6 Å². The van der Waals surface area contributed by atoms with Gasteiger partial charge in [-0.2, -0.15) is 17.4 Å². The molecule has 18 heavy (non-hydrogen) atoms. The van der Waals surface area contributed by atoms with Crippen LogP contribution < -0.4 is 10.5 Å². The Bertz CT molecular complexity index is 411.